The first-order chi connectivity index (χ1) is 13.7. The molecule has 0 aliphatic carbocycles. The molecule has 0 aliphatic heterocycles. The van der Waals surface area contributed by atoms with Gasteiger partial charge in [-0.1, -0.05) is 0 Å². The van der Waals surface area contributed by atoms with Crippen molar-refractivity contribution in [1.29, 1.82) is 0 Å². The van der Waals surface area contributed by atoms with Gasteiger partial charge in [-0.05, 0) is 0 Å². The Kier molecular flexibility index (Phi) is 7.95. The van der Waals surface area contributed by atoms with E-state index in [2.05, 4.69) is 61.2 Å². The number of hydrogen-bond acceptors (Lipinski definition) is 3. The van der Waals surface area contributed by atoms with Gasteiger partial charge < -0.3 is 0 Å². The van der Waals surface area contributed by atoms with E-state index < -0.39 is 18.4 Å². The fourth-order valence-corrected chi connectivity index (χ4v) is 19.2. The SMILES string of the molecule is CCC[CH2][Sn]([CH2]CCC)([CH2]CCC)[c]1cc(-c2cnc3ccccc3c2)no1. The van der Waals surface area contributed by atoms with E-state index in [4.69, 9.17) is 4.52 Å². The summed E-state index contributed by atoms with van der Waals surface area (Å²) in [6.45, 7) is 6.93. The summed E-state index contributed by atoms with van der Waals surface area (Å²) in [4.78, 5) is 4.61. The molecule has 0 saturated heterocycles. The molecule has 2 aromatic heterocycles. The predicted octanol–water partition coefficient (Wildman–Crippen LogP) is 6.95. The zero-order chi connectivity index (χ0) is 19.8. The molecule has 2 heterocycles. The Bertz CT molecular complexity index is 852. The van der Waals surface area contributed by atoms with Crippen LogP contribution in [0.2, 0.25) is 13.3 Å². The van der Waals surface area contributed by atoms with Crippen molar-refractivity contribution in [2.75, 3.05) is 0 Å². The van der Waals surface area contributed by atoms with Crippen molar-refractivity contribution in [2.24, 2.45) is 0 Å². The van der Waals surface area contributed by atoms with Gasteiger partial charge in [0, 0.05) is 0 Å². The van der Waals surface area contributed by atoms with Crippen LogP contribution < -0.4 is 3.78 Å². The molecule has 0 aliphatic rings. The van der Waals surface area contributed by atoms with Gasteiger partial charge in [-0.25, -0.2) is 0 Å². The van der Waals surface area contributed by atoms with Gasteiger partial charge in [0.2, 0.25) is 0 Å². The van der Waals surface area contributed by atoms with Gasteiger partial charge in [0.15, 0.2) is 0 Å². The third-order valence-corrected chi connectivity index (χ3v) is 20.8. The molecule has 28 heavy (non-hydrogen) atoms. The van der Waals surface area contributed by atoms with Crippen molar-refractivity contribution < 1.29 is 4.52 Å². The van der Waals surface area contributed by atoms with E-state index in [9.17, 15) is 0 Å². The number of aromatic nitrogens is 2. The molecular weight excluding hydrogens is 451 g/mol. The van der Waals surface area contributed by atoms with Crippen LogP contribution in [0.25, 0.3) is 22.2 Å². The van der Waals surface area contributed by atoms with Gasteiger partial charge in [-0.3, -0.25) is 0 Å². The summed E-state index contributed by atoms with van der Waals surface area (Å²) in [7, 11) is 0. The van der Waals surface area contributed by atoms with Crippen molar-refractivity contribution in [2.45, 2.75) is 72.6 Å². The van der Waals surface area contributed by atoms with Gasteiger partial charge in [0.05, 0.1) is 0 Å². The Morgan fingerprint density at radius 3 is 2.14 bits per heavy atom. The maximum atomic E-state index is 6.10. The van der Waals surface area contributed by atoms with E-state index in [1.165, 1.54) is 55.6 Å². The Balaban J connectivity index is 1.94. The zero-order valence-corrected chi connectivity index (χ0v) is 20.6. The average molecular weight is 485 g/mol. The fraction of sp³-hybridized carbons (Fsp3) is 0.500. The Labute approximate surface area is 173 Å². The molecule has 4 heteroatoms. The number of benzene rings is 1. The molecule has 3 aromatic rings. The van der Waals surface area contributed by atoms with Crippen LogP contribution in [0.4, 0.5) is 0 Å². The number of para-hydroxylation sites is 1. The molecule has 0 fully saturated rings. The van der Waals surface area contributed by atoms with Crippen molar-refractivity contribution in [3.05, 3.63) is 42.6 Å². The number of rotatable bonds is 11. The Hall–Kier alpha value is -1.36. The summed E-state index contributed by atoms with van der Waals surface area (Å²) >= 11 is -2.56. The molecule has 0 unspecified atom stereocenters. The second-order valence-corrected chi connectivity index (χ2v) is 21.1. The molecule has 0 N–H and O–H groups in total. The summed E-state index contributed by atoms with van der Waals surface area (Å²) in [5.41, 5.74) is 3.05. The summed E-state index contributed by atoms with van der Waals surface area (Å²) < 4.78 is 11.6. The monoisotopic (exact) mass is 486 g/mol. The van der Waals surface area contributed by atoms with E-state index in [1.54, 1.807) is 0 Å². The third kappa shape index (κ3) is 4.97. The first-order valence-corrected chi connectivity index (χ1v) is 18.5. The molecule has 1 aromatic carbocycles. The Morgan fingerprint density at radius 2 is 1.50 bits per heavy atom. The van der Waals surface area contributed by atoms with Gasteiger partial charge in [-0.2, -0.15) is 0 Å². The summed E-state index contributed by atoms with van der Waals surface area (Å²) in [6, 6.07) is 12.7. The molecule has 0 radical (unpaired) electrons. The number of fused-ring (bicyclic) bond motifs is 1. The number of pyridine rings is 1. The third-order valence-electron chi connectivity index (χ3n) is 5.95. The molecule has 0 atom stereocenters. The molecule has 0 spiro atoms. The van der Waals surface area contributed by atoms with Crippen LogP contribution in [0.1, 0.15) is 59.3 Å². The van der Waals surface area contributed by atoms with Crippen molar-refractivity contribution in [3.63, 3.8) is 0 Å². The van der Waals surface area contributed by atoms with E-state index in [0.717, 1.165) is 22.2 Å². The van der Waals surface area contributed by atoms with Crippen LogP contribution in [0, 0.1) is 0 Å². The molecule has 0 amide bonds. The topological polar surface area (TPSA) is 38.9 Å². The predicted molar refractivity (Wildman–Crippen MR) is 122 cm³/mol. The van der Waals surface area contributed by atoms with Gasteiger partial charge in [0.25, 0.3) is 0 Å². The van der Waals surface area contributed by atoms with Crippen LogP contribution in [-0.4, -0.2) is 28.5 Å². The van der Waals surface area contributed by atoms with Gasteiger partial charge >= 0.3 is 174 Å². The van der Waals surface area contributed by atoms with Crippen LogP contribution in [0.3, 0.4) is 0 Å². The average Bonchev–Trinajstić information content (AvgIpc) is 3.24. The number of hydrogen-bond donors (Lipinski definition) is 0. The summed E-state index contributed by atoms with van der Waals surface area (Å²) in [5.74, 6) is 0. The van der Waals surface area contributed by atoms with Crippen LogP contribution >= 0.6 is 0 Å². The minimum absolute atomic E-state index is 0.957. The molecule has 0 bridgehead atoms. The second-order valence-electron chi connectivity index (χ2n) is 8.08. The van der Waals surface area contributed by atoms with E-state index in [1.807, 2.05) is 12.3 Å². The minimum atomic E-state index is -2.56. The normalized spacial score (nSPS) is 12.0. The molecule has 3 rings (SSSR count). The zero-order valence-electron chi connectivity index (χ0n) is 17.7. The number of unbranched alkanes of at least 4 members (excludes halogenated alkanes) is 3. The van der Waals surface area contributed by atoms with E-state index >= 15 is 0 Å². The van der Waals surface area contributed by atoms with Crippen molar-refractivity contribution in [3.8, 4) is 11.3 Å². The van der Waals surface area contributed by atoms with Crippen molar-refractivity contribution >= 4 is 33.1 Å². The number of nitrogens with zero attached hydrogens (tertiary/aromatic N) is 2. The first kappa shape index (κ1) is 21.4. The van der Waals surface area contributed by atoms with E-state index in [-0.39, 0.29) is 0 Å². The standard InChI is InChI=1S/C12H7N2O.3C4H9.Sn/c1-2-4-11-9(3-1)7-10(8-13-11)12-5-6-15-14-12;3*1-3-4-2;/h1-5,7-8H;3*1,3-4H2,2H3;. The van der Waals surface area contributed by atoms with Crippen LogP contribution in [-0.2, 0) is 0 Å². The first-order valence-electron chi connectivity index (χ1n) is 11.0. The molecule has 150 valence electrons. The molecule has 3 nitrogen and oxygen atoms in total. The van der Waals surface area contributed by atoms with E-state index in [0.29, 0.717) is 0 Å². The second kappa shape index (κ2) is 10.4. The van der Waals surface area contributed by atoms with Crippen LogP contribution in [0.15, 0.2) is 47.1 Å². The Morgan fingerprint density at radius 1 is 0.857 bits per heavy atom. The summed E-state index contributed by atoms with van der Waals surface area (Å²) in [6.07, 6.45) is 9.74. The van der Waals surface area contributed by atoms with Gasteiger partial charge in [-0.15, -0.1) is 0 Å². The maximum absolute atomic E-state index is 6.10. The van der Waals surface area contributed by atoms with Crippen LogP contribution in [0.5, 0.6) is 0 Å². The fourth-order valence-electron chi connectivity index (χ4n) is 4.16. The molecular formula is C24H34N2OSn. The summed E-state index contributed by atoms with van der Waals surface area (Å²) in [5, 5.41) is 5.68. The molecule has 0 saturated carbocycles. The van der Waals surface area contributed by atoms with Crippen molar-refractivity contribution in [1.82, 2.24) is 10.1 Å². The van der Waals surface area contributed by atoms with Gasteiger partial charge in [0.1, 0.15) is 0 Å². The quantitative estimate of drug-likeness (QED) is 0.276.